The number of aromatic hydroxyl groups is 1. The van der Waals surface area contributed by atoms with Crippen LogP contribution in [-0.4, -0.2) is 18.1 Å². The molecule has 0 heterocycles. The maximum absolute atomic E-state index is 11.6. The summed E-state index contributed by atoms with van der Waals surface area (Å²) < 4.78 is 0. The number of rotatable bonds is 1. The monoisotopic (exact) mass is 215 g/mol. The van der Waals surface area contributed by atoms with Crippen molar-refractivity contribution in [1.82, 2.24) is 5.32 Å². The molecule has 2 N–H and O–H groups in total. The van der Waals surface area contributed by atoms with Gasteiger partial charge in [0.15, 0.2) is 0 Å². The smallest absolute Gasteiger partial charge is 0.254 e. The van der Waals surface area contributed by atoms with Crippen molar-refractivity contribution >= 4 is 16.7 Å². The second-order valence-electron chi connectivity index (χ2n) is 3.70. The number of benzene rings is 2. The molecule has 0 fully saturated rings. The first-order valence-corrected chi connectivity index (χ1v) is 5.08. The van der Waals surface area contributed by atoms with Gasteiger partial charge in [-0.25, -0.2) is 0 Å². The Morgan fingerprint density at radius 1 is 1.31 bits per heavy atom. The number of fused-ring (bicyclic) bond motifs is 1. The van der Waals surface area contributed by atoms with Crippen LogP contribution in [0.2, 0.25) is 0 Å². The maximum atomic E-state index is 11.6. The van der Waals surface area contributed by atoms with Gasteiger partial charge < -0.3 is 10.4 Å². The minimum atomic E-state index is -0.272. The molecule has 0 radical (unpaired) electrons. The van der Waals surface area contributed by atoms with E-state index in [9.17, 15) is 9.90 Å². The molecule has 3 nitrogen and oxygen atoms in total. The van der Waals surface area contributed by atoms with Gasteiger partial charge in [-0.05, 0) is 29.3 Å². The minimum absolute atomic E-state index is 0.0538. The molecule has 0 atom stereocenters. The van der Waals surface area contributed by atoms with E-state index in [0.29, 0.717) is 5.56 Å². The van der Waals surface area contributed by atoms with Crippen LogP contribution in [0.25, 0.3) is 10.8 Å². The Morgan fingerprint density at radius 3 is 2.69 bits per heavy atom. The molecule has 82 valence electrons. The van der Waals surface area contributed by atoms with Crippen LogP contribution in [0.15, 0.2) is 30.3 Å². The van der Waals surface area contributed by atoms with Gasteiger partial charge >= 0.3 is 0 Å². The topological polar surface area (TPSA) is 49.3 Å². The van der Waals surface area contributed by atoms with Crippen molar-refractivity contribution in [3.8, 4) is 5.75 Å². The number of phenolic OH excluding ortho intramolecular Hbond substituents is 1. The van der Waals surface area contributed by atoms with Crippen molar-refractivity contribution in [2.24, 2.45) is 0 Å². The van der Waals surface area contributed by atoms with Crippen molar-refractivity contribution < 1.29 is 9.90 Å². The molecule has 0 aliphatic rings. The van der Waals surface area contributed by atoms with Crippen LogP contribution in [0.1, 0.15) is 15.9 Å². The Balaban J connectivity index is 2.78. The zero-order valence-corrected chi connectivity index (χ0v) is 9.24. The van der Waals surface area contributed by atoms with E-state index < -0.39 is 0 Å². The molecule has 0 aliphatic carbocycles. The molecular formula is C13H13NO2. The molecule has 3 heteroatoms. The summed E-state index contributed by atoms with van der Waals surface area (Å²) in [5.41, 5.74) is 1.05. The number of aryl methyl sites for hydroxylation is 1. The highest BCUT2D eigenvalue weighted by atomic mass is 16.3. The molecule has 0 bridgehead atoms. The summed E-state index contributed by atoms with van der Waals surface area (Å²) in [5.74, 6) is -0.218. The minimum Gasteiger partial charge on any atom is -0.507 e. The van der Waals surface area contributed by atoms with Crippen LogP contribution in [0.4, 0.5) is 0 Å². The standard InChI is InChI=1S/C13H13NO2/c1-8-10-6-4-3-5-9(10)7-11(12(8)15)13(16)14-2/h3-7,15H,1-2H3,(H,14,16). The van der Waals surface area contributed by atoms with Crippen LogP contribution in [0.3, 0.4) is 0 Å². The molecule has 0 unspecified atom stereocenters. The lowest BCUT2D eigenvalue weighted by molar-refractivity contribution is 0.0960. The van der Waals surface area contributed by atoms with Crippen molar-refractivity contribution in [2.45, 2.75) is 6.92 Å². The van der Waals surface area contributed by atoms with E-state index in [1.54, 1.807) is 13.1 Å². The summed E-state index contributed by atoms with van der Waals surface area (Å²) >= 11 is 0. The number of phenols is 1. The molecule has 1 amide bonds. The quantitative estimate of drug-likeness (QED) is 0.766. The molecule has 2 rings (SSSR count). The molecule has 16 heavy (non-hydrogen) atoms. The van der Waals surface area contributed by atoms with E-state index in [2.05, 4.69) is 5.32 Å². The fraction of sp³-hybridized carbons (Fsp3) is 0.154. The van der Waals surface area contributed by atoms with Crippen molar-refractivity contribution in [3.05, 3.63) is 41.5 Å². The summed E-state index contributed by atoms with van der Waals surface area (Å²) in [6.07, 6.45) is 0. The van der Waals surface area contributed by atoms with E-state index in [-0.39, 0.29) is 11.7 Å². The predicted octanol–water partition coefficient (Wildman–Crippen LogP) is 2.21. The first-order chi connectivity index (χ1) is 7.65. The van der Waals surface area contributed by atoms with Gasteiger partial charge in [0.05, 0.1) is 5.56 Å². The van der Waals surface area contributed by atoms with E-state index in [1.165, 1.54) is 0 Å². The molecule has 0 saturated carbocycles. The Labute approximate surface area is 93.7 Å². The van der Waals surface area contributed by atoms with Crippen LogP contribution >= 0.6 is 0 Å². The molecule has 0 aromatic heterocycles. The van der Waals surface area contributed by atoms with Crippen molar-refractivity contribution in [3.63, 3.8) is 0 Å². The van der Waals surface area contributed by atoms with Gasteiger partial charge in [-0.1, -0.05) is 24.3 Å². The zero-order chi connectivity index (χ0) is 11.7. The summed E-state index contributed by atoms with van der Waals surface area (Å²) in [5, 5.41) is 14.4. The average Bonchev–Trinajstić information content (AvgIpc) is 2.33. The number of hydrogen-bond donors (Lipinski definition) is 2. The van der Waals surface area contributed by atoms with Crippen LogP contribution < -0.4 is 5.32 Å². The summed E-state index contributed by atoms with van der Waals surface area (Å²) in [6.45, 7) is 1.81. The number of carbonyl (C=O) groups excluding carboxylic acids is 1. The predicted molar refractivity (Wildman–Crippen MR) is 63.7 cm³/mol. The van der Waals surface area contributed by atoms with Gasteiger partial charge in [-0.2, -0.15) is 0 Å². The lowest BCUT2D eigenvalue weighted by atomic mass is 10.00. The summed E-state index contributed by atoms with van der Waals surface area (Å²) in [4.78, 5) is 11.6. The Bertz CT molecular complexity index is 561. The highest BCUT2D eigenvalue weighted by Gasteiger charge is 2.13. The van der Waals surface area contributed by atoms with Gasteiger partial charge in [-0.3, -0.25) is 4.79 Å². The van der Waals surface area contributed by atoms with Crippen molar-refractivity contribution in [1.29, 1.82) is 0 Å². The van der Waals surface area contributed by atoms with E-state index in [1.807, 2.05) is 31.2 Å². The highest BCUT2D eigenvalue weighted by Crippen LogP contribution is 2.30. The molecule has 0 spiro atoms. The van der Waals surface area contributed by atoms with Crippen molar-refractivity contribution in [2.75, 3.05) is 7.05 Å². The van der Waals surface area contributed by atoms with Gasteiger partial charge in [0.1, 0.15) is 5.75 Å². The third kappa shape index (κ3) is 1.50. The second kappa shape index (κ2) is 3.85. The summed E-state index contributed by atoms with van der Waals surface area (Å²) in [7, 11) is 1.55. The lowest BCUT2D eigenvalue weighted by Gasteiger charge is -2.09. The normalized spacial score (nSPS) is 10.4. The fourth-order valence-corrected chi connectivity index (χ4v) is 1.83. The van der Waals surface area contributed by atoms with E-state index in [4.69, 9.17) is 0 Å². The molecule has 2 aromatic carbocycles. The second-order valence-corrected chi connectivity index (χ2v) is 3.70. The van der Waals surface area contributed by atoms with Crippen LogP contribution in [0, 0.1) is 6.92 Å². The fourth-order valence-electron chi connectivity index (χ4n) is 1.83. The zero-order valence-electron chi connectivity index (χ0n) is 9.24. The van der Waals surface area contributed by atoms with Crippen LogP contribution in [0.5, 0.6) is 5.75 Å². The highest BCUT2D eigenvalue weighted by molar-refractivity contribution is 6.02. The van der Waals surface area contributed by atoms with E-state index >= 15 is 0 Å². The first kappa shape index (κ1) is 10.5. The third-order valence-corrected chi connectivity index (χ3v) is 2.75. The molecule has 0 aliphatic heterocycles. The maximum Gasteiger partial charge on any atom is 0.254 e. The molecule has 2 aromatic rings. The third-order valence-electron chi connectivity index (χ3n) is 2.75. The lowest BCUT2D eigenvalue weighted by Crippen LogP contribution is -2.18. The van der Waals surface area contributed by atoms with Gasteiger partial charge in [0, 0.05) is 7.05 Å². The number of nitrogens with one attached hydrogen (secondary N) is 1. The number of carbonyl (C=O) groups is 1. The largest absolute Gasteiger partial charge is 0.507 e. The van der Waals surface area contributed by atoms with Crippen LogP contribution in [-0.2, 0) is 0 Å². The van der Waals surface area contributed by atoms with E-state index in [0.717, 1.165) is 16.3 Å². The summed E-state index contributed by atoms with van der Waals surface area (Å²) in [6, 6.07) is 9.38. The first-order valence-electron chi connectivity index (χ1n) is 5.08. The Hall–Kier alpha value is -2.03. The SMILES string of the molecule is CNC(=O)c1cc2ccccc2c(C)c1O. The molecular weight excluding hydrogens is 202 g/mol. The molecule has 0 saturated heterocycles. The van der Waals surface area contributed by atoms with Gasteiger partial charge in [0.25, 0.3) is 5.91 Å². The Kier molecular flexibility index (Phi) is 2.52. The number of hydrogen-bond acceptors (Lipinski definition) is 2. The van der Waals surface area contributed by atoms with Gasteiger partial charge in [-0.15, -0.1) is 0 Å². The average molecular weight is 215 g/mol. The Morgan fingerprint density at radius 2 is 2.00 bits per heavy atom. The number of amides is 1. The van der Waals surface area contributed by atoms with Gasteiger partial charge in [0.2, 0.25) is 0 Å².